The van der Waals surface area contributed by atoms with Gasteiger partial charge in [-0.15, -0.1) is 0 Å². The number of rotatable bonds is 3. The Labute approximate surface area is 136 Å². The molecule has 1 aromatic carbocycles. The van der Waals surface area contributed by atoms with Crippen molar-refractivity contribution in [3.05, 3.63) is 87.4 Å². The second-order valence-electron chi connectivity index (χ2n) is 5.05. The molecule has 0 saturated heterocycles. The number of aromatic amines is 1. The van der Waals surface area contributed by atoms with Gasteiger partial charge in [-0.2, -0.15) is 0 Å². The Morgan fingerprint density at radius 2 is 1.75 bits per heavy atom. The van der Waals surface area contributed by atoms with Crippen LogP contribution in [-0.4, -0.2) is 28.2 Å². The number of carboxylic acid groups (broad SMARTS) is 1. The smallest absolute Gasteiger partial charge is 0.336 e. The molecule has 2 aromatic rings. The lowest BCUT2D eigenvalue weighted by atomic mass is 9.90. The number of allylic oxidation sites excluding steroid dienone is 2. The van der Waals surface area contributed by atoms with Crippen LogP contribution >= 0.6 is 0 Å². The predicted octanol–water partition coefficient (Wildman–Crippen LogP) is 2.04. The van der Waals surface area contributed by atoms with E-state index in [4.69, 9.17) is 0 Å². The summed E-state index contributed by atoms with van der Waals surface area (Å²) in [5.74, 6) is -1.45. The maximum absolute atomic E-state index is 11.6. The second-order valence-corrected chi connectivity index (χ2v) is 5.05. The van der Waals surface area contributed by atoms with E-state index in [1.54, 1.807) is 30.3 Å². The monoisotopic (exact) mass is 320 g/mol. The molecule has 1 aliphatic rings. The molecule has 0 spiro atoms. The number of aromatic nitrogens is 1. The van der Waals surface area contributed by atoms with Crippen LogP contribution in [0.2, 0.25) is 0 Å². The zero-order valence-electron chi connectivity index (χ0n) is 12.4. The number of carbonyl (C=O) groups is 2. The molecule has 0 bridgehead atoms. The highest BCUT2D eigenvalue weighted by Gasteiger charge is 2.18. The molecular weight excluding hydrogens is 308 g/mol. The van der Waals surface area contributed by atoms with Gasteiger partial charge in [0.05, 0.1) is 5.56 Å². The van der Waals surface area contributed by atoms with Crippen LogP contribution in [0.1, 0.15) is 21.5 Å². The van der Waals surface area contributed by atoms with Crippen molar-refractivity contribution in [2.75, 3.05) is 0 Å². The summed E-state index contributed by atoms with van der Waals surface area (Å²) in [6, 6.07) is 9.49. The average Bonchev–Trinajstić information content (AvgIpc) is 2.59. The number of carbonyl (C=O) groups excluding carboxylic acids is 1. The summed E-state index contributed by atoms with van der Waals surface area (Å²) in [5.41, 5.74) is 2.08. The molecule has 6 nitrogen and oxygen atoms in total. The number of hydrogen-bond donors (Lipinski definition) is 2. The molecule has 3 rings (SSSR count). The number of hydrogen-bond acceptors (Lipinski definition) is 3. The van der Waals surface area contributed by atoms with Crippen molar-refractivity contribution < 1.29 is 14.7 Å². The first-order valence-electron chi connectivity index (χ1n) is 7.08. The van der Waals surface area contributed by atoms with Crippen LogP contribution in [0.15, 0.2) is 70.1 Å². The third kappa shape index (κ3) is 2.98. The molecule has 0 unspecified atom stereocenters. The molecule has 24 heavy (non-hydrogen) atoms. The topological polar surface area (TPSA) is 99.6 Å². The summed E-state index contributed by atoms with van der Waals surface area (Å²) in [6.07, 6.45) is 5.78. The van der Waals surface area contributed by atoms with Gasteiger partial charge in [-0.05, 0) is 34.9 Å². The minimum absolute atomic E-state index is 0.116. The zero-order valence-corrected chi connectivity index (χ0v) is 12.4. The maximum Gasteiger partial charge on any atom is 0.336 e. The predicted molar refractivity (Wildman–Crippen MR) is 89.1 cm³/mol. The average molecular weight is 320 g/mol. The van der Waals surface area contributed by atoms with E-state index in [2.05, 4.69) is 9.98 Å². The van der Waals surface area contributed by atoms with Gasteiger partial charge in [0.15, 0.2) is 0 Å². The molecule has 0 aliphatic carbocycles. The molecule has 2 heterocycles. The number of nitrogens with zero attached hydrogens (tertiary/aromatic N) is 1. The molecule has 1 aliphatic heterocycles. The standard InChI is InChI=1S/C18H12N2O4/c21-15-7-5-11(9-19-15)17(12-6-8-16(22)20-10-12)13-3-1-2-4-14(13)18(23)24/h1-10H,(H,19,21)(H,23,24). The Morgan fingerprint density at radius 3 is 2.33 bits per heavy atom. The Hall–Kier alpha value is -3.54. The van der Waals surface area contributed by atoms with E-state index in [9.17, 15) is 19.5 Å². The Kier molecular flexibility index (Phi) is 4.03. The van der Waals surface area contributed by atoms with Crippen molar-refractivity contribution in [2.24, 2.45) is 4.99 Å². The van der Waals surface area contributed by atoms with Crippen LogP contribution in [0.3, 0.4) is 0 Å². The SMILES string of the molecule is O=C1C=CC(=C(c2ccc(=O)[nH]c2)c2ccccc2C(=O)O)C=N1. The maximum atomic E-state index is 11.6. The molecule has 6 heteroatoms. The minimum Gasteiger partial charge on any atom is -0.478 e. The van der Waals surface area contributed by atoms with Crippen molar-refractivity contribution in [1.82, 2.24) is 4.98 Å². The summed E-state index contributed by atoms with van der Waals surface area (Å²) in [4.78, 5) is 40.5. The fourth-order valence-electron chi connectivity index (χ4n) is 2.46. The fraction of sp³-hybridized carbons (Fsp3) is 0. The Morgan fingerprint density at radius 1 is 1.00 bits per heavy atom. The highest BCUT2D eigenvalue weighted by molar-refractivity contribution is 6.10. The van der Waals surface area contributed by atoms with Gasteiger partial charge in [-0.3, -0.25) is 9.59 Å². The molecule has 1 amide bonds. The van der Waals surface area contributed by atoms with E-state index in [-0.39, 0.29) is 17.0 Å². The van der Waals surface area contributed by atoms with Crippen molar-refractivity contribution >= 4 is 23.7 Å². The summed E-state index contributed by atoms with van der Waals surface area (Å²) in [6.45, 7) is 0. The molecule has 2 N–H and O–H groups in total. The number of aliphatic imine (C=N–C) groups is 1. The van der Waals surface area contributed by atoms with E-state index < -0.39 is 5.97 Å². The third-order valence-corrected chi connectivity index (χ3v) is 3.52. The first kappa shape index (κ1) is 15.4. The lowest BCUT2D eigenvalue weighted by Crippen LogP contribution is -2.08. The number of benzene rings is 1. The van der Waals surface area contributed by atoms with Crippen LogP contribution in [0, 0.1) is 0 Å². The summed E-state index contributed by atoms with van der Waals surface area (Å²) in [7, 11) is 0. The number of amides is 1. The van der Waals surface area contributed by atoms with Gasteiger partial charge < -0.3 is 10.1 Å². The van der Waals surface area contributed by atoms with Crippen LogP contribution in [0.4, 0.5) is 0 Å². The van der Waals surface area contributed by atoms with Gasteiger partial charge in [-0.1, -0.05) is 18.2 Å². The van der Waals surface area contributed by atoms with Gasteiger partial charge in [0.2, 0.25) is 5.56 Å². The first-order chi connectivity index (χ1) is 11.6. The fourth-order valence-corrected chi connectivity index (χ4v) is 2.46. The summed E-state index contributed by atoms with van der Waals surface area (Å²) in [5, 5.41) is 9.46. The van der Waals surface area contributed by atoms with Crippen LogP contribution < -0.4 is 5.56 Å². The Bertz CT molecular complexity index is 942. The lowest BCUT2D eigenvalue weighted by Gasteiger charge is -2.14. The first-order valence-corrected chi connectivity index (χ1v) is 7.08. The molecule has 1 aromatic heterocycles. The quantitative estimate of drug-likeness (QED) is 0.904. The van der Waals surface area contributed by atoms with Gasteiger partial charge in [0, 0.05) is 30.1 Å². The van der Waals surface area contributed by atoms with E-state index in [1.807, 2.05) is 0 Å². The zero-order chi connectivity index (χ0) is 17.1. The molecule has 118 valence electrons. The minimum atomic E-state index is -1.07. The van der Waals surface area contributed by atoms with E-state index in [1.165, 1.54) is 30.6 Å². The number of pyridine rings is 1. The van der Waals surface area contributed by atoms with Crippen molar-refractivity contribution in [2.45, 2.75) is 0 Å². The van der Waals surface area contributed by atoms with E-state index >= 15 is 0 Å². The summed E-state index contributed by atoms with van der Waals surface area (Å²) < 4.78 is 0. The number of carboxylic acids is 1. The van der Waals surface area contributed by atoms with Crippen LogP contribution in [0.5, 0.6) is 0 Å². The van der Waals surface area contributed by atoms with Crippen molar-refractivity contribution in [1.29, 1.82) is 0 Å². The molecule has 0 fully saturated rings. The largest absolute Gasteiger partial charge is 0.478 e. The van der Waals surface area contributed by atoms with Crippen LogP contribution in [0.25, 0.3) is 5.57 Å². The van der Waals surface area contributed by atoms with Gasteiger partial charge in [-0.25, -0.2) is 9.79 Å². The molecule has 0 radical (unpaired) electrons. The van der Waals surface area contributed by atoms with Gasteiger partial charge >= 0.3 is 5.97 Å². The van der Waals surface area contributed by atoms with Crippen molar-refractivity contribution in [3.8, 4) is 0 Å². The normalized spacial score (nSPS) is 15.4. The lowest BCUT2D eigenvalue weighted by molar-refractivity contribution is -0.113. The third-order valence-electron chi connectivity index (χ3n) is 3.52. The second kappa shape index (κ2) is 6.29. The number of dihydropyridines is 1. The highest BCUT2D eigenvalue weighted by atomic mass is 16.4. The number of H-pyrrole nitrogens is 1. The van der Waals surface area contributed by atoms with Gasteiger partial charge in [0.25, 0.3) is 5.91 Å². The Balaban J connectivity index is 2.30. The number of aromatic carboxylic acids is 1. The van der Waals surface area contributed by atoms with Gasteiger partial charge in [0.1, 0.15) is 0 Å². The van der Waals surface area contributed by atoms with Crippen LogP contribution in [-0.2, 0) is 4.79 Å². The summed E-state index contributed by atoms with van der Waals surface area (Å²) >= 11 is 0. The molecule has 0 saturated carbocycles. The highest BCUT2D eigenvalue weighted by Crippen LogP contribution is 2.29. The van der Waals surface area contributed by atoms with E-state index in [0.717, 1.165) is 0 Å². The van der Waals surface area contributed by atoms with E-state index in [0.29, 0.717) is 22.3 Å². The van der Waals surface area contributed by atoms with Crippen molar-refractivity contribution in [3.63, 3.8) is 0 Å². The molecule has 0 atom stereocenters. The number of nitrogens with one attached hydrogen (secondary N) is 1. The molecular formula is C18H12N2O4.